The molecule has 1 aliphatic carbocycles. The molecule has 96 valence electrons. The largest absolute Gasteiger partial charge is 0.330 e. The summed E-state index contributed by atoms with van der Waals surface area (Å²) in [5, 5.41) is 0. The summed E-state index contributed by atoms with van der Waals surface area (Å²) in [5.74, 6) is 0.917. The van der Waals surface area contributed by atoms with Crippen molar-refractivity contribution < 1.29 is 0 Å². The quantitative estimate of drug-likeness (QED) is 0.707. The van der Waals surface area contributed by atoms with Gasteiger partial charge in [0.1, 0.15) is 0 Å². The zero-order chi connectivity index (χ0) is 12.2. The van der Waals surface area contributed by atoms with E-state index in [1.807, 2.05) is 0 Å². The Morgan fingerprint density at radius 2 is 1.44 bits per heavy atom. The molecular weight excluding hydrogens is 194 g/mol. The third-order valence-corrected chi connectivity index (χ3v) is 4.45. The first-order chi connectivity index (χ1) is 7.37. The van der Waals surface area contributed by atoms with Crippen LogP contribution < -0.4 is 5.73 Å². The van der Waals surface area contributed by atoms with E-state index in [2.05, 4.69) is 27.7 Å². The predicted octanol–water partition coefficient (Wildman–Crippen LogP) is 4.36. The van der Waals surface area contributed by atoms with Crippen LogP contribution in [0.2, 0.25) is 0 Å². The second-order valence-electron chi connectivity index (χ2n) is 7.22. The molecule has 1 nitrogen and oxygen atoms in total. The van der Waals surface area contributed by atoms with Gasteiger partial charge in [0.25, 0.3) is 0 Å². The summed E-state index contributed by atoms with van der Waals surface area (Å²) < 4.78 is 0. The molecule has 1 rings (SSSR count). The SMILES string of the molecule is CC(C)(CN)CC(C)(C)C1CCCCCC1. The van der Waals surface area contributed by atoms with Crippen molar-refractivity contribution in [1.82, 2.24) is 0 Å². The van der Waals surface area contributed by atoms with E-state index < -0.39 is 0 Å². The first kappa shape index (κ1) is 14.0. The number of rotatable bonds is 4. The number of nitrogens with two attached hydrogens (primary N) is 1. The lowest BCUT2D eigenvalue weighted by atomic mass is 9.66. The second-order valence-corrected chi connectivity index (χ2v) is 7.22. The average Bonchev–Trinajstić information content (AvgIpc) is 2.44. The van der Waals surface area contributed by atoms with E-state index in [1.54, 1.807) is 0 Å². The zero-order valence-electron chi connectivity index (χ0n) is 11.8. The van der Waals surface area contributed by atoms with E-state index in [-0.39, 0.29) is 0 Å². The maximum absolute atomic E-state index is 5.87. The van der Waals surface area contributed by atoms with Crippen LogP contribution >= 0.6 is 0 Å². The smallest absolute Gasteiger partial charge is 0.00256 e. The Labute approximate surface area is 102 Å². The molecule has 0 aromatic carbocycles. The molecule has 1 heteroatoms. The second kappa shape index (κ2) is 5.53. The van der Waals surface area contributed by atoms with Crippen molar-refractivity contribution in [2.45, 2.75) is 72.6 Å². The van der Waals surface area contributed by atoms with Crippen LogP contribution in [-0.2, 0) is 0 Å². The Morgan fingerprint density at radius 3 is 1.88 bits per heavy atom. The van der Waals surface area contributed by atoms with E-state index in [1.165, 1.54) is 44.9 Å². The molecule has 0 saturated heterocycles. The van der Waals surface area contributed by atoms with Crippen LogP contribution in [0.4, 0.5) is 0 Å². The van der Waals surface area contributed by atoms with E-state index in [4.69, 9.17) is 5.73 Å². The van der Waals surface area contributed by atoms with Gasteiger partial charge in [-0.05, 0) is 42.6 Å². The summed E-state index contributed by atoms with van der Waals surface area (Å²) in [6, 6.07) is 0. The van der Waals surface area contributed by atoms with Crippen molar-refractivity contribution in [2.75, 3.05) is 6.54 Å². The fourth-order valence-corrected chi connectivity index (χ4v) is 3.51. The highest BCUT2D eigenvalue weighted by molar-refractivity contribution is 4.86. The van der Waals surface area contributed by atoms with Crippen LogP contribution in [0.15, 0.2) is 0 Å². The van der Waals surface area contributed by atoms with Crippen molar-refractivity contribution >= 4 is 0 Å². The minimum Gasteiger partial charge on any atom is -0.330 e. The van der Waals surface area contributed by atoms with Gasteiger partial charge < -0.3 is 5.73 Å². The van der Waals surface area contributed by atoms with Gasteiger partial charge in [0.15, 0.2) is 0 Å². The van der Waals surface area contributed by atoms with Gasteiger partial charge in [0.05, 0.1) is 0 Å². The molecule has 0 aromatic rings. The Morgan fingerprint density at radius 1 is 0.938 bits per heavy atom. The van der Waals surface area contributed by atoms with E-state index in [0.29, 0.717) is 10.8 Å². The Balaban J connectivity index is 2.60. The van der Waals surface area contributed by atoms with Gasteiger partial charge in [-0.1, -0.05) is 53.4 Å². The van der Waals surface area contributed by atoms with Gasteiger partial charge in [0, 0.05) is 0 Å². The molecule has 0 bridgehead atoms. The molecule has 0 atom stereocenters. The summed E-state index contributed by atoms with van der Waals surface area (Å²) in [5.41, 5.74) is 6.64. The normalized spacial score (nSPS) is 20.8. The summed E-state index contributed by atoms with van der Waals surface area (Å²) in [6.45, 7) is 10.3. The van der Waals surface area contributed by atoms with E-state index in [9.17, 15) is 0 Å². The maximum atomic E-state index is 5.87. The highest BCUT2D eigenvalue weighted by Crippen LogP contribution is 2.44. The molecule has 16 heavy (non-hydrogen) atoms. The van der Waals surface area contributed by atoms with Crippen molar-refractivity contribution in [2.24, 2.45) is 22.5 Å². The van der Waals surface area contributed by atoms with Gasteiger partial charge in [-0.3, -0.25) is 0 Å². The third kappa shape index (κ3) is 4.08. The van der Waals surface area contributed by atoms with Crippen LogP contribution in [0.3, 0.4) is 0 Å². The Hall–Kier alpha value is -0.0400. The molecule has 0 aromatic heterocycles. The van der Waals surface area contributed by atoms with Crippen LogP contribution in [-0.4, -0.2) is 6.54 Å². The maximum Gasteiger partial charge on any atom is -0.00256 e. The molecule has 1 fully saturated rings. The molecule has 1 saturated carbocycles. The molecular formula is C15H31N. The molecule has 1 aliphatic rings. The molecule has 2 N–H and O–H groups in total. The third-order valence-electron chi connectivity index (χ3n) is 4.45. The standard InChI is InChI=1S/C15H31N/c1-14(2,12-16)11-15(3,4)13-9-7-5-6-8-10-13/h13H,5-12,16H2,1-4H3. The van der Waals surface area contributed by atoms with Crippen LogP contribution in [0.1, 0.15) is 72.6 Å². The van der Waals surface area contributed by atoms with E-state index >= 15 is 0 Å². The van der Waals surface area contributed by atoms with Crippen LogP contribution in [0, 0.1) is 16.7 Å². The monoisotopic (exact) mass is 225 g/mol. The first-order valence-corrected chi connectivity index (χ1v) is 7.07. The van der Waals surface area contributed by atoms with Gasteiger partial charge in [-0.25, -0.2) is 0 Å². The van der Waals surface area contributed by atoms with Crippen molar-refractivity contribution in [3.63, 3.8) is 0 Å². The molecule has 0 radical (unpaired) electrons. The lowest BCUT2D eigenvalue weighted by Gasteiger charge is -2.40. The van der Waals surface area contributed by atoms with Crippen molar-refractivity contribution in [1.29, 1.82) is 0 Å². The van der Waals surface area contributed by atoms with Gasteiger partial charge in [0.2, 0.25) is 0 Å². The molecule has 0 spiro atoms. The molecule has 0 heterocycles. The Kier molecular flexibility index (Phi) is 4.85. The fourth-order valence-electron chi connectivity index (χ4n) is 3.51. The summed E-state index contributed by atoms with van der Waals surface area (Å²) in [4.78, 5) is 0. The van der Waals surface area contributed by atoms with Gasteiger partial charge in [-0.2, -0.15) is 0 Å². The lowest BCUT2D eigenvalue weighted by molar-refractivity contribution is 0.112. The predicted molar refractivity (Wildman–Crippen MR) is 72.4 cm³/mol. The molecule has 0 unspecified atom stereocenters. The minimum atomic E-state index is 0.301. The number of hydrogen-bond donors (Lipinski definition) is 1. The van der Waals surface area contributed by atoms with Crippen molar-refractivity contribution in [3.05, 3.63) is 0 Å². The zero-order valence-corrected chi connectivity index (χ0v) is 11.8. The molecule has 0 amide bonds. The summed E-state index contributed by atoms with van der Waals surface area (Å²) >= 11 is 0. The Bertz CT molecular complexity index is 197. The van der Waals surface area contributed by atoms with Crippen LogP contribution in [0.5, 0.6) is 0 Å². The summed E-state index contributed by atoms with van der Waals surface area (Å²) in [6.07, 6.45) is 9.93. The van der Waals surface area contributed by atoms with Crippen molar-refractivity contribution in [3.8, 4) is 0 Å². The first-order valence-electron chi connectivity index (χ1n) is 7.07. The fraction of sp³-hybridized carbons (Fsp3) is 1.00. The van der Waals surface area contributed by atoms with Gasteiger partial charge >= 0.3 is 0 Å². The van der Waals surface area contributed by atoms with Gasteiger partial charge in [-0.15, -0.1) is 0 Å². The number of hydrogen-bond acceptors (Lipinski definition) is 1. The van der Waals surface area contributed by atoms with Crippen LogP contribution in [0.25, 0.3) is 0 Å². The topological polar surface area (TPSA) is 26.0 Å². The summed E-state index contributed by atoms with van der Waals surface area (Å²) in [7, 11) is 0. The molecule has 0 aliphatic heterocycles. The lowest BCUT2D eigenvalue weighted by Crippen LogP contribution is -2.34. The highest BCUT2D eigenvalue weighted by atomic mass is 14.6. The minimum absolute atomic E-state index is 0.301. The average molecular weight is 225 g/mol. The highest BCUT2D eigenvalue weighted by Gasteiger charge is 2.34. The van der Waals surface area contributed by atoms with E-state index in [0.717, 1.165) is 12.5 Å².